The summed E-state index contributed by atoms with van der Waals surface area (Å²) in [5, 5.41) is 12.2. The Kier molecular flexibility index (Phi) is 6.05. The number of aromatic hydroxyl groups is 1. The Labute approximate surface area is 169 Å². The molecule has 1 aliphatic rings. The highest BCUT2D eigenvalue weighted by Crippen LogP contribution is 2.33. The van der Waals surface area contributed by atoms with Crippen molar-refractivity contribution in [3.05, 3.63) is 64.6 Å². The molecule has 0 aliphatic carbocycles. The van der Waals surface area contributed by atoms with Gasteiger partial charge in [-0.2, -0.15) is 0 Å². The largest absolute Gasteiger partial charge is 0.506 e. The second kappa shape index (κ2) is 8.49. The SMILES string of the molecule is O=C(CCN1C(=O)/C(=C/c2cc(F)cc(F)c2)SC1=S)Nc1ccccc1O. The number of nitrogens with one attached hydrogen (secondary N) is 1. The van der Waals surface area contributed by atoms with Crippen molar-refractivity contribution in [3.63, 3.8) is 0 Å². The summed E-state index contributed by atoms with van der Waals surface area (Å²) in [5.74, 6) is -2.39. The number of nitrogens with zero attached hydrogens (tertiary/aromatic N) is 1. The zero-order chi connectivity index (χ0) is 20.3. The highest BCUT2D eigenvalue weighted by atomic mass is 32.2. The zero-order valence-corrected chi connectivity index (χ0v) is 15.9. The number of amides is 2. The molecule has 9 heteroatoms. The molecule has 0 bridgehead atoms. The molecule has 0 radical (unpaired) electrons. The first-order chi connectivity index (χ1) is 13.3. The Balaban J connectivity index is 1.64. The van der Waals surface area contributed by atoms with Crippen LogP contribution in [0, 0.1) is 11.6 Å². The Morgan fingerprint density at radius 3 is 2.57 bits per heavy atom. The van der Waals surface area contributed by atoms with Crippen LogP contribution in [0.1, 0.15) is 12.0 Å². The van der Waals surface area contributed by atoms with E-state index in [9.17, 15) is 23.5 Å². The average Bonchev–Trinajstić information content (AvgIpc) is 2.87. The van der Waals surface area contributed by atoms with Gasteiger partial charge in [0.2, 0.25) is 5.91 Å². The van der Waals surface area contributed by atoms with Crippen LogP contribution in [0.15, 0.2) is 47.4 Å². The van der Waals surface area contributed by atoms with Gasteiger partial charge in [0.25, 0.3) is 5.91 Å². The van der Waals surface area contributed by atoms with Gasteiger partial charge in [0.05, 0.1) is 10.6 Å². The predicted octanol–water partition coefficient (Wildman–Crippen LogP) is 3.90. The summed E-state index contributed by atoms with van der Waals surface area (Å²) in [7, 11) is 0. The number of carbonyl (C=O) groups is 2. The van der Waals surface area contributed by atoms with Crippen LogP contribution in [-0.2, 0) is 9.59 Å². The van der Waals surface area contributed by atoms with Gasteiger partial charge in [0.1, 0.15) is 21.7 Å². The van der Waals surface area contributed by atoms with E-state index in [2.05, 4.69) is 5.32 Å². The molecular formula is C19H14F2N2O3S2. The fourth-order valence-corrected chi connectivity index (χ4v) is 3.82. The summed E-state index contributed by atoms with van der Waals surface area (Å²) in [4.78, 5) is 26.1. The maximum Gasteiger partial charge on any atom is 0.266 e. The predicted molar refractivity (Wildman–Crippen MR) is 108 cm³/mol. The molecule has 144 valence electrons. The summed E-state index contributed by atoms with van der Waals surface area (Å²) >= 11 is 6.17. The third-order valence-corrected chi connectivity index (χ3v) is 5.17. The van der Waals surface area contributed by atoms with E-state index < -0.39 is 23.4 Å². The molecule has 0 unspecified atom stereocenters. The number of rotatable bonds is 5. The fourth-order valence-electron chi connectivity index (χ4n) is 2.51. The Morgan fingerprint density at radius 2 is 1.89 bits per heavy atom. The standard InChI is InChI=1S/C19H14F2N2O3S2/c20-12-7-11(8-13(21)10-12)9-16-18(26)23(19(27)28-16)6-5-17(25)22-14-3-1-2-4-15(14)24/h1-4,7-10,24H,5-6H2,(H,22,25)/b16-9-. The first kappa shape index (κ1) is 20.0. The minimum Gasteiger partial charge on any atom is -0.506 e. The Bertz CT molecular complexity index is 975. The van der Waals surface area contributed by atoms with Crippen LogP contribution in [0.3, 0.4) is 0 Å². The van der Waals surface area contributed by atoms with Gasteiger partial charge in [-0.05, 0) is 35.9 Å². The second-order valence-electron chi connectivity index (χ2n) is 5.85. The molecule has 2 aromatic rings. The molecule has 2 N–H and O–H groups in total. The van der Waals surface area contributed by atoms with Gasteiger partial charge in [-0.3, -0.25) is 14.5 Å². The molecule has 3 rings (SSSR count). The maximum absolute atomic E-state index is 13.3. The van der Waals surface area contributed by atoms with E-state index in [-0.39, 0.29) is 39.2 Å². The van der Waals surface area contributed by atoms with E-state index in [0.717, 1.165) is 30.0 Å². The summed E-state index contributed by atoms with van der Waals surface area (Å²) in [6, 6.07) is 9.24. The second-order valence-corrected chi connectivity index (χ2v) is 7.53. The number of phenols is 1. The van der Waals surface area contributed by atoms with E-state index in [4.69, 9.17) is 12.2 Å². The first-order valence-corrected chi connectivity index (χ1v) is 9.35. The van der Waals surface area contributed by atoms with E-state index in [1.807, 2.05) is 0 Å². The lowest BCUT2D eigenvalue weighted by Crippen LogP contribution is -2.31. The number of hydrogen-bond donors (Lipinski definition) is 2. The fraction of sp³-hybridized carbons (Fsp3) is 0.105. The van der Waals surface area contributed by atoms with E-state index >= 15 is 0 Å². The van der Waals surface area contributed by atoms with Crippen molar-refractivity contribution in [3.8, 4) is 5.75 Å². The highest BCUT2D eigenvalue weighted by Gasteiger charge is 2.32. The molecule has 1 aliphatic heterocycles. The third-order valence-electron chi connectivity index (χ3n) is 3.80. The maximum atomic E-state index is 13.3. The third kappa shape index (κ3) is 4.73. The zero-order valence-electron chi connectivity index (χ0n) is 14.3. The van der Waals surface area contributed by atoms with E-state index in [1.165, 1.54) is 17.0 Å². The molecule has 0 aromatic heterocycles. The topological polar surface area (TPSA) is 69.6 Å². The van der Waals surface area contributed by atoms with Gasteiger partial charge in [0, 0.05) is 19.0 Å². The summed E-state index contributed by atoms with van der Waals surface area (Å²) in [5.41, 5.74) is 0.473. The number of phenolic OH excluding ortho intramolecular Hbond substituents is 1. The van der Waals surface area contributed by atoms with Crippen LogP contribution in [0.4, 0.5) is 14.5 Å². The number of thioether (sulfide) groups is 1. The van der Waals surface area contributed by atoms with E-state index in [0.29, 0.717) is 0 Å². The van der Waals surface area contributed by atoms with Crippen LogP contribution in [0.25, 0.3) is 6.08 Å². The van der Waals surface area contributed by atoms with Crippen LogP contribution in [-0.4, -0.2) is 32.7 Å². The van der Waals surface area contributed by atoms with Gasteiger partial charge in [0.15, 0.2) is 0 Å². The molecule has 1 fully saturated rings. The lowest BCUT2D eigenvalue weighted by Gasteiger charge is -2.14. The molecule has 28 heavy (non-hydrogen) atoms. The number of para-hydroxylation sites is 2. The van der Waals surface area contributed by atoms with Crippen LogP contribution < -0.4 is 5.32 Å². The molecule has 5 nitrogen and oxygen atoms in total. The van der Waals surface area contributed by atoms with Crippen molar-refractivity contribution < 1.29 is 23.5 Å². The number of benzene rings is 2. The summed E-state index contributed by atoms with van der Waals surface area (Å²) in [6.07, 6.45) is 1.32. The Hall–Kier alpha value is -2.78. The molecule has 1 saturated heterocycles. The molecule has 2 aromatic carbocycles. The van der Waals surface area contributed by atoms with Crippen molar-refractivity contribution in [1.29, 1.82) is 0 Å². The number of anilines is 1. The monoisotopic (exact) mass is 420 g/mol. The molecule has 2 amide bonds. The summed E-state index contributed by atoms with van der Waals surface area (Å²) < 4.78 is 26.9. The normalized spacial score (nSPS) is 15.4. The lowest BCUT2D eigenvalue weighted by atomic mass is 10.2. The molecule has 0 saturated carbocycles. The van der Waals surface area contributed by atoms with Crippen molar-refractivity contribution in [2.24, 2.45) is 0 Å². The van der Waals surface area contributed by atoms with Gasteiger partial charge < -0.3 is 10.4 Å². The molecule has 0 spiro atoms. The van der Waals surface area contributed by atoms with Gasteiger partial charge in [-0.25, -0.2) is 8.78 Å². The van der Waals surface area contributed by atoms with Gasteiger partial charge in [-0.15, -0.1) is 0 Å². The van der Waals surface area contributed by atoms with Crippen LogP contribution in [0.2, 0.25) is 0 Å². The minimum absolute atomic E-state index is 0.0390. The number of hydrogen-bond acceptors (Lipinski definition) is 5. The van der Waals surface area contributed by atoms with Gasteiger partial charge in [-0.1, -0.05) is 36.1 Å². The minimum atomic E-state index is -0.748. The van der Waals surface area contributed by atoms with Gasteiger partial charge >= 0.3 is 0 Å². The Morgan fingerprint density at radius 1 is 1.21 bits per heavy atom. The van der Waals surface area contributed by atoms with E-state index in [1.54, 1.807) is 18.2 Å². The van der Waals surface area contributed by atoms with Crippen LogP contribution >= 0.6 is 24.0 Å². The quantitative estimate of drug-likeness (QED) is 0.436. The number of thiocarbonyl (C=S) groups is 1. The summed E-state index contributed by atoms with van der Waals surface area (Å²) in [6.45, 7) is 0.0406. The van der Waals surface area contributed by atoms with Crippen molar-refractivity contribution >= 4 is 51.9 Å². The lowest BCUT2D eigenvalue weighted by molar-refractivity contribution is -0.122. The van der Waals surface area contributed by atoms with Crippen molar-refractivity contribution in [2.75, 3.05) is 11.9 Å². The van der Waals surface area contributed by atoms with Crippen molar-refractivity contribution in [2.45, 2.75) is 6.42 Å². The molecule has 0 atom stereocenters. The smallest absolute Gasteiger partial charge is 0.266 e. The molecular weight excluding hydrogens is 406 g/mol. The average molecular weight is 420 g/mol. The number of halogens is 2. The molecule has 1 heterocycles. The van der Waals surface area contributed by atoms with Crippen molar-refractivity contribution in [1.82, 2.24) is 4.90 Å². The first-order valence-electron chi connectivity index (χ1n) is 8.13. The number of carbonyl (C=O) groups excluding carboxylic acids is 2. The highest BCUT2D eigenvalue weighted by molar-refractivity contribution is 8.26. The van der Waals surface area contributed by atoms with Crippen LogP contribution in [0.5, 0.6) is 5.75 Å².